The van der Waals surface area contributed by atoms with E-state index in [0.717, 1.165) is 11.1 Å². The average Bonchev–Trinajstić information content (AvgIpc) is 2.51. The van der Waals surface area contributed by atoms with Crippen molar-refractivity contribution in [2.24, 2.45) is 0 Å². The van der Waals surface area contributed by atoms with Crippen LogP contribution in [-0.4, -0.2) is 0 Å². The topological polar surface area (TPSA) is 0 Å². The van der Waals surface area contributed by atoms with Crippen molar-refractivity contribution in [3.63, 3.8) is 0 Å². The molecule has 0 nitrogen and oxygen atoms in total. The number of hydrogen-bond donors (Lipinski definition) is 0. The summed E-state index contributed by atoms with van der Waals surface area (Å²) in [6.45, 7) is 24.3. The molecule has 0 fully saturated rings. The summed E-state index contributed by atoms with van der Waals surface area (Å²) in [7, 11) is 0. The molecule has 24 heavy (non-hydrogen) atoms. The summed E-state index contributed by atoms with van der Waals surface area (Å²) in [6.07, 6.45) is 0. The third-order valence-corrected chi connectivity index (χ3v) is 3.71. The second-order valence-electron chi connectivity index (χ2n) is 6.24. The van der Waals surface area contributed by atoms with Crippen molar-refractivity contribution >= 4 is 11.1 Å². The van der Waals surface area contributed by atoms with E-state index in [2.05, 4.69) is 77.3 Å². The maximum atomic E-state index is 3.91. The van der Waals surface area contributed by atoms with Crippen molar-refractivity contribution in [3.8, 4) is 0 Å². The highest BCUT2D eigenvalue weighted by molar-refractivity contribution is 5.63. The first-order valence-corrected chi connectivity index (χ1v) is 8.68. The Kier molecular flexibility index (Phi) is 9.73. The Balaban J connectivity index is 0.000000400. The summed E-state index contributed by atoms with van der Waals surface area (Å²) in [4.78, 5) is 0. The van der Waals surface area contributed by atoms with Crippen LogP contribution in [0.5, 0.6) is 0 Å². The normalized spacial score (nSPS) is 9.17. The number of rotatable bonds is 2. The monoisotopic (exact) mass is 322 g/mol. The molecule has 0 saturated heterocycles. The predicted molar refractivity (Wildman–Crippen MR) is 113 cm³/mol. The average molecular weight is 323 g/mol. The Hall–Kier alpha value is -2.08. The predicted octanol–water partition coefficient (Wildman–Crippen LogP) is 7.70. The summed E-state index contributed by atoms with van der Waals surface area (Å²) >= 11 is 0. The molecule has 0 radical (unpaired) electrons. The zero-order valence-electron chi connectivity index (χ0n) is 16.9. The summed E-state index contributed by atoms with van der Waals surface area (Å²) in [5.74, 6) is 0. The third-order valence-electron chi connectivity index (χ3n) is 3.71. The van der Waals surface area contributed by atoms with Gasteiger partial charge in [-0.3, -0.25) is 0 Å². The highest BCUT2D eigenvalue weighted by Crippen LogP contribution is 2.16. The van der Waals surface area contributed by atoms with E-state index in [1.165, 1.54) is 33.4 Å². The van der Waals surface area contributed by atoms with Gasteiger partial charge in [-0.05, 0) is 63.8 Å². The van der Waals surface area contributed by atoms with Crippen molar-refractivity contribution < 1.29 is 0 Å². The Bertz CT molecular complexity index is 667. The van der Waals surface area contributed by atoms with Crippen LogP contribution in [0.15, 0.2) is 49.6 Å². The zero-order chi connectivity index (χ0) is 18.9. The van der Waals surface area contributed by atoms with E-state index in [0.29, 0.717) is 0 Å². The first-order valence-electron chi connectivity index (χ1n) is 8.68. The molecule has 2 rings (SSSR count). The summed E-state index contributed by atoms with van der Waals surface area (Å²) in [5.41, 5.74) is 10.1. The molecular formula is C24H34. The van der Waals surface area contributed by atoms with Crippen LogP contribution < -0.4 is 0 Å². The fourth-order valence-electron chi connectivity index (χ4n) is 2.23. The van der Waals surface area contributed by atoms with Crippen LogP contribution in [0, 0.1) is 27.7 Å². The molecule has 0 amide bonds. The lowest BCUT2D eigenvalue weighted by molar-refractivity contribution is 1.33. The van der Waals surface area contributed by atoms with Gasteiger partial charge in [0.2, 0.25) is 0 Å². The highest BCUT2D eigenvalue weighted by atomic mass is 14.0. The van der Waals surface area contributed by atoms with Crippen LogP contribution in [0.25, 0.3) is 11.1 Å². The number of aryl methyl sites for hydroxylation is 4. The third kappa shape index (κ3) is 7.46. The van der Waals surface area contributed by atoms with Crippen LogP contribution in [0.2, 0.25) is 0 Å². The highest BCUT2D eigenvalue weighted by Gasteiger charge is 1.95. The molecule has 0 heterocycles. The van der Waals surface area contributed by atoms with E-state index in [4.69, 9.17) is 0 Å². The van der Waals surface area contributed by atoms with Gasteiger partial charge in [-0.1, -0.05) is 85.7 Å². The molecule has 0 unspecified atom stereocenters. The van der Waals surface area contributed by atoms with Gasteiger partial charge in [0.05, 0.1) is 0 Å². The van der Waals surface area contributed by atoms with E-state index < -0.39 is 0 Å². The first kappa shape index (κ1) is 21.9. The molecule has 2 aromatic carbocycles. The Morgan fingerprint density at radius 1 is 0.625 bits per heavy atom. The van der Waals surface area contributed by atoms with E-state index in [1.807, 2.05) is 27.7 Å². The molecule has 0 N–H and O–H groups in total. The number of benzene rings is 2. The molecule has 0 bridgehead atoms. The van der Waals surface area contributed by atoms with Gasteiger partial charge >= 0.3 is 0 Å². The summed E-state index contributed by atoms with van der Waals surface area (Å²) in [5, 5.41) is 0. The molecule has 0 atom stereocenters. The van der Waals surface area contributed by atoms with Gasteiger partial charge in [0.15, 0.2) is 0 Å². The van der Waals surface area contributed by atoms with Crippen molar-refractivity contribution in [1.82, 2.24) is 0 Å². The molecule has 0 spiro atoms. The van der Waals surface area contributed by atoms with Gasteiger partial charge in [-0.2, -0.15) is 0 Å². The first-order chi connectivity index (χ1) is 11.2. The lowest BCUT2D eigenvalue weighted by Crippen LogP contribution is -1.83. The van der Waals surface area contributed by atoms with Crippen LogP contribution >= 0.6 is 0 Å². The van der Waals surface area contributed by atoms with Gasteiger partial charge in [0.25, 0.3) is 0 Å². The van der Waals surface area contributed by atoms with Crippen LogP contribution in [0.4, 0.5) is 0 Å². The molecule has 0 aromatic heterocycles. The fourth-order valence-corrected chi connectivity index (χ4v) is 2.23. The Labute approximate surface area is 150 Å². The molecule has 0 aliphatic heterocycles. The van der Waals surface area contributed by atoms with Gasteiger partial charge in [-0.25, -0.2) is 0 Å². The van der Waals surface area contributed by atoms with Crippen LogP contribution in [-0.2, 0) is 0 Å². The largest absolute Gasteiger partial charge is 0.0955 e. The van der Waals surface area contributed by atoms with Crippen molar-refractivity contribution in [2.75, 3.05) is 0 Å². The lowest BCUT2D eigenvalue weighted by Gasteiger charge is -2.03. The molecule has 0 heteroatoms. The van der Waals surface area contributed by atoms with Gasteiger partial charge in [0, 0.05) is 0 Å². The van der Waals surface area contributed by atoms with Crippen molar-refractivity contribution in [2.45, 2.75) is 55.4 Å². The van der Waals surface area contributed by atoms with Crippen molar-refractivity contribution in [1.29, 1.82) is 0 Å². The summed E-state index contributed by atoms with van der Waals surface area (Å²) < 4.78 is 0. The Morgan fingerprint density at radius 3 is 1.46 bits per heavy atom. The van der Waals surface area contributed by atoms with Crippen LogP contribution in [0.3, 0.4) is 0 Å². The zero-order valence-corrected chi connectivity index (χ0v) is 16.9. The number of allylic oxidation sites excluding steroid dienone is 2. The molecule has 0 saturated carbocycles. The lowest BCUT2D eigenvalue weighted by atomic mass is 10.0. The van der Waals surface area contributed by atoms with Crippen molar-refractivity contribution in [3.05, 3.63) is 82.9 Å². The van der Waals surface area contributed by atoms with Gasteiger partial charge in [-0.15, -0.1) is 0 Å². The minimum atomic E-state index is 1.13. The molecule has 2 aromatic rings. The smallest absolute Gasteiger partial charge is 0.0228 e. The van der Waals surface area contributed by atoms with E-state index in [9.17, 15) is 0 Å². The van der Waals surface area contributed by atoms with E-state index >= 15 is 0 Å². The SMILES string of the molecule is C=C(C)c1cc(C)cc(C)c1.C=C(C)c1ccc(C)c(C)c1.CC. The maximum Gasteiger partial charge on any atom is -0.0228 e. The molecule has 0 aliphatic rings. The molecule has 0 aliphatic carbocycles. The summed E-state index contributed by atoms with van der Waals surface area (Å²) in [6, 6.07) is 12.9. The van der Waals surface area contributed by atoms with E-state index in [-0.39, 0.29) is 0 Å². The second kappa shape index (κ2) is 10.6. The standard InChI is InChI=1S/2C11H14.C2H6/c1-8(2)11-6-9(3)5-10(4)7-11;1-8(2)11-6-5-9(3)10(4)7-11;1-2/h2*5-7H,1H2,2-4H3;1-2H3. The van der Waals surface area contributed by atoms with E-state index in [1.54, 1.807) is 0 Å². The fraction of sp³-hybridized carbons (Fsp3) is 0.333. The molecular weight excluding hydrogens is 288 g/mol. The quantitative estimate of drug-likeness (QED) is 0.531. The van der Waals surface area contributed by atoms with Gasteiger partial charge < -0.3 is 0 Å². The van der Waals surface area contributed by atoms with Crippen LogP contribution in [0.1, 0.15) is 61.1 Å². The minimum Gasteiger partial charge on any atom is -0.0955 e. The van der Waals surface area contributed by atoms with Gasteiger partial charge in [0.1, 0.15) is 0 Å². The minimum absolute atomic E-state index is 1.13. The Morgan fingerprint density at radius 2 is 1.08 bits per heavy atom. The number of hydrogen-bond acceptors (Lipinski definition) is 0. The second-order valence-corrected chi connectivity index (χ2v) is 6.24. The maximum absolute atomic E-state index is 3.91. The molecule has 130 valence electrons.